The Bertz CT molecular complexity index is 1420. The van der Waals surface area contributed by atoms with E-state index in [4.69, 9.17) is 11.6 Å². The molecular weight excluding hydrogens is 492 g/mol. The summed E-state index contributed by atoms with van der Waals surface area (Å²) in [5.41, 5.74) is 3.25. The van der Waals surface area contributed by atoms with Crippen LogP contribution in [-0.4, -0.2) is 31.1 Å². The van der Waals surface area contributed by atoms with E-state index in [2.05, 4.69) is 15.5 Å². The highest BCUT2D eigenvalue weighted by Gasteiger charge is 2.27. The number of aromatic nitrogens is 2. The topological polar surface area (TPSA) is 92.3 Å². The van der Waals surface area contributed by atoms with Gasteiger partial charge >= 0.3 is 0 Å². The first-order chi connectivity index (χ1) is 16.2. The van der Waals surface area contributed by atoms with Crippen molar-refractivity contribution in [3.05, 3.63) is 88.9 Å². The second-order valence-corrected chi connectivity index (χ2v) is 10.9. The predicted molar refractivity (Wildman–Crippen MR) is 136 cm³/mol. The van der Waals surface area contributed by atoms with Crippen LogP contribution in [-0.2, 0) is 14.8 Å². The highest BCUT2D eigenvalue weighted by molar-refractivity contribution is 7.92. The smallest absolute Gasteiger partial charge is 0.264 e. The Kier molecular flexibility index (Phi) is 6.97. The fourth-order valence-corrected chi connectivity index (χ4v) is 5.51. The fraction of sp³-hybridized carbons (Fsp3) is 0.125. The minimum absolute atomic E-state index is 0.0313. The number of carbonyl (C=O) groups excluding carboxylic acids is 1. The first-order valence-electron chi connectivity index (χ1n) is 10.3. The van der Waals surface area contributed by atoms with Crippen LogP contribution in [0.15, 0.2) is 77.7 Å². The Balaban J connectivity index is 1.59. The van der Waals surface area contributed by atoms with Crippen LogP contribution in [0, 0.1) is 13.8 Å². The number of nitrogens with one attached hydrogen (secondary N) is 1. The molecule has 4 rings (SSSR count). The van der Waals surface area contributed by atoms with E-state index in [0.717, 1.165) is 21.0 Å². The maximum atomic E-state index is 13.4. The van der Waals surface area contributed by atoms with Gasteiger partial charge in [-0.1, -0.05) is 64.9 Å². The highest BCUT2D eigenvalue weighted by atomic mass is 35.5. The Morgan fingerprint density at radius 3 is 2.35 bits per heavy atom. The minimum atomic E-state index is -4.04. The van der Waals surface area contributed by atoms with Crippen molar-refractivity contribution >= 4 is 49.7 Å². The van der Waals surface area contributed by atoms with Crippen LogP contribution in [0.5, 0.6) is 0 Å². The third-order valence-electron chi connectivity index (χ3n) is 4.95. The van der Waals surface area contributed by atoms with Crippen molar-refractivity contribution in [3.8, 4) is 10.6 Å². The van der Waals surface area contributed by atoms with Crippen LogP contribution in [0.25, 0.3) is 10.6 Å². The molecule has 0 aliphatic heterocycles. The van der Waals surface area contributed by atoms with Crippen LogP contribution in [0.2, 0.25) is 5.02 Å². The number of carbonyl (C=O) groups is 1. The van der Waals surface area contributed by atoms with Crippen molar-refractivity contribution in [2.75, 3.05) is 16.2 Å². The zero-order chi connectivity index (χ0) is 24.3. The highest BCUT2D eigenvalue weighted by Crippen LogP contribution is 2.28. The van der Waals surface area contributed by atoms with Crippen molar-refractivity contribution in [1.82, 2.24) is 10.2 Å². The second-order valence-electron chi connectivity index (χ2n) is 7.63. The molecule has 0 unspecified atom stereocenters. The largest absolute Gasteiger partial charge is 0.299 e. The summed E-state index contributed by atoms with van der Waals surface area (Å²) in [6, 6.07) is 20.6. The molecule has 0 saturated heterocycles. The lowest BCUT2D eigenvalue weighted by atomic mass is 10.2. The maximum absolute atomic E-state index is 13.4. The SMILES string of the molecule is Cc1ccc(-c2nnc(NC(=O)CN(c3cccc(C)c3)S(=O)(=O)c3ccc(Cl)cc3)s2)cc1. The number of sulfonamides is 1. The van der Waals surface area contributed by atoms with E-state index < -0.39 is 22.5 Å². The molecule has 174 valence electrons. The van der Waals surface area contributed by atoms with Gasteiger partial charge in [-0.05, 0) is 55.8 Å². The normalized spacial score (nSPS) is 11.3. The summed E-state index contributed by atoms with van der Waals surface area (Å²) in [6.07, 6.45) is 0. The average molecular weight is 513 g/mol. The van der Waals surface area contributed by atoms with E-state index in [-0.39, 0.29) is 10.0 Å². The van der Waals surface area contributed by atoms with Gasteiger partial charge in [0.1, 0.15) is 11.6 Å². The van der Waals surface area contributed by atoms with E-state index in [1.165, 1.54) is 35.6 Å². The van der Waals surface area contributed by atoms with Gasteiger partial charge < -0.3 is 0 Å². The molecule has 1 amide bonds. The summed E-state index contributed by atoms with van der Waals surface area (Å²) in [7, 11) is -4.04. The van der Waals surface area contributed by atoms with Crippen molar-refractivity contribution in [1.29, 1.82) is 0 Å². The van der Waals surface area contributed by atoms with E-state index in [9.17, 15) is 13.2 Å². The van der Waals surface area contributed by atoms with Gasteiger partial charge in [0.25, 0.3) is 10.0 Å². The van der Waals surface area contributed by atoms with Crippen LogP contribution in [0.3, 0.4) is 0 Å². The predicted octanol–water partition coefficient (Wildman–Crippen LogP) is 5.31. The molecule has 1 aromatic heterocycles. The van der Waals surface area contributed by atoms with Gasteiger partial charge in [0.15, 0.2) is 0 Å². The fourth-order valence-electron chi connectivity index (χ4n) is 3.21. The molecular formula is C24H21ClN4O3S2. The molecule has 7 nitrogen and oxygen atoms in total. The number of nitrogens with zero attached hydrogens (tertiary/aromatic N) is 3. The number of anilines is 2. The van der Waals surface area contributed by atoms with Crippen molar-refractivity contribution in [3.63, 3.8) is 0 Å². The molecule has 0 atom stereocenters. The summed E-state index contributed by atoms with van der Waals surface area (Å²) in [6.45, 7) is 3.41. The molecule has 0 saturated carbocycles. The van der Waals surface area contributed by atoms with E-state index in [1.54, 1.807) is 18.2 Å². The lowest BCUT2D eigenvalue weighted by Gasteiger charge is -2.24. The van der Waals surface area contributed by atoms with Gasteiger partial charge in [0.05, 0.1) is 10.6 Å². The van der Waals surface area contributed by atoms with Gasteiger partial charge in [-0.15, -0.1) is 10.2 Å². The summed E-state index contributed by atoms with van der Waals surface area (Å²) in [5.74, 6) is -0.536. The molecule has 1 heterocycles. The summed E-state index contributed by atoms with van der Waals surface area (Å²) < 4.78 is 27.9. The van der Waals surface area contributed by atoms with Gasteiger partial charge in [0, 0.05) is 10.6 Å². The molecule has 0 fully saturated rings. The Labute approximate surface area is 207 Å². The zero-order valence-corrected chi connectivity index (χ0v) is 20.8. The molecule has 0 radical (unpaired) electrons. The molecule has 3 aromatic carbocycles. The Morgan fingerprint density at radius 1 is 0.971 bits per heavy atom. The zero-order valence-electron chi connectivity index (χ0n) is 18.4. The quantitative estimate of drug-likeness (QED) is 0.362. The van der Waals surface area contributed by atoms with Crippen LogP contribution in [0.4, 0.5) is 10.8 Å². The van der Waals surface area contributed by atoms with Gasteiger partial charge in [-0.2, -0.15) is 0 Å². The first kappa shape index (κ1) is 23.9. The Morgan fingerprint density at radius 2 is 1.68 bits per heavy atom. The van der Waals surface area contributed by atoms with Crippen molar-refractivity contribution in [2.45, 2.75) is 18.7 Å². The monoisotopic (exact) mass is 512 g/mol. The summed E-state index contributed by atoms with van der Waals surface area (Å²) in [5, 5.41) is 12.2. The average Bonchev–Trinajstić information content (AvgIpc) is 3.26. The first-order valence-corrected chi connectivity index (χ1v) is 12.9. The number of hydrogen-bond acceptors (Lipinski definition) is 6. The van der Waals surface area contributed by atoms with Gasteiger partial charge in [-0.3, -0.25) is 14.4 Å². The van der Waals surface area contributed by atoms with E-state index in [1.807, 2.05) is 44.2 Å². The standard InChI is InChI=1S/C24H21ClN4O3S2/c1-16-6-8-18(9-7-16)23-27-28-24(33-23)26-22(30)15-29(20-5-3-4-17(2)14-20)34(31,32)21-12-10-19(25)11-13-21/h3-14H,15H2,1-2H3,(H,26,28,30). The molecule has 4 aromatic rings. The maximum Gasteiger partial charge on any atom is 0.264 e. The molecule has 0 aliphatic carbocycles. The summed E-state index contributed by atoms with van der Waals surface area (Å²) in [4.78, 5) is 12.9. The third kappa shape index (κ3) is 5.44. The molecule has 34 heavy (non-hydrogen) atoms. The lowest BCUT2D eigenvalue weighted by molar-refractivity contribution is -0.114. The van der Waals surface area contributed by atoms with Crippen molar-refractivity contribution in [2.24, 2.45) is 0 Å². The molecule has 0 spiro atoms. The molecule has 0 bridgehead atoms. The van der Waals surface area contributed by atoms with Gasteiger partial charge in [-0.25, -0.2) is 8.42 Å². The Hall–Kier alpha value is -3.27. The van der Waals surface area contributed by atoms with Gasteiger partial charge in [0.2, 0.25) is 11.0 Å². The lowest BCUT2D eigenvalue weighted by Crippen LogP contribution is -2.38. The molecule has 10 heteroatoms. The molecule has 0 aliphatic rings. The van der Waals surface area contributed by atoms with Crippen LogP contribution < -0.4 is 9.62 Å². The number of benzene rings is 3. The van der Waals surface area contributed by atoms with Crippen LogP contribution in [0.1, 0.15) is 11.1 Å². The van der Waals surface area contributed by atoms with E-state index in [0.29, 0.717) is 15.7 Å². The number of hydrogen-bond donors (Lipinski definition) is 1. The second kappa shape index (κ2) is 9.92. The number of rotatable bonds is 7. The van der Waals surface area contributed by atoms with Crippen LogP contribution >= 0.6 is 22.9 Å². The number of amides is 1. The number of aryl methyl sites for hydroxylation is 2. The van der Waals surface area contributed by atoms with E-state index >= 15 is 0 Å². The number of halogens is 1. The van der Waals surface area contributed by atoms with Crippen molar-refractivity contribution < 1.29 is 13.2 Å². The summed E-state index contributed by atoms with van der Waals surface area (Å²) >= 11 is 7.14. The molecule has 1 N–H and O–H groups in total. The minimum Gasteiger partial charge on any atom is -0.299 e. The third-order valence-corrected chi connectivity index (χ3v) is 7.88.